The van der Waals surface area contributed by atoms with E-state index >= 15 is 0 Å². The van der Waals surface area contributed by atoms with Gasteiger partial charge in [0.05, 0.1) is 12.3 Å². The number of aromatic nitrogens is 3. The predicted molar refractivity (Wildman–Crippen MR) is 93.0 cm³/mol. The van der Waals surface area contributed by atoms with Crippen LogP contribution in [0.2, 0.25) is 0 Å². The van der Waals surface area contributed by atoms with Crippen LogP contribution >= 0.6 is 0 Å². The summed E-state index contributed by atoms with van der Waals surface area (Å²) < 4.78 is 59.7. The maximum Gasteiger partial charge on any atom is 0.433 e. The first-order valence-electron chi connectivity index (χ1n) is 8.63. The van der Waals surface area contributed by atoms with Crippen molar-refractivity contribution in [3.05, 3.63) is 59.1 Å². The van der Waals surface area contributed by atoms with Gasteiger partial charge in [-0.3, -0.25) is 4.79 Å². The van der Waals surface area contributed by atoms with Crippen molar-refractivity contribution in [3.63, 3.8) is 0 Å². The van der Waals surface area contributed by atoms with Crippen LogP contribution in [-0.4, -0.2) is 26.8 Å². The number of carbonyl (C=O) groups excluding carboxylic acids is 1. The Hall–Kier alpha value is -2.97. The molecular weight excluding hydrogens is 378 g/mol. The summed E-state index contributed by atoms with van der Waals surface area (Å²) in [7, 11) is 0. The summed E-state index contributed by atoms with van der Waals surface area (Å²) in [6.45, 7) is 4.01. The molecule has 28 heavy (non-hydrogen) atoms. The van der Waals surface area contributed by atoms with Gasteiger partial charge in [0.25, 0.3) is 0 Å². The van der Waals surface area contributed by atoms with Crippen molar-refractivity contribution in [1.29, 1.82) is 0 Å². The number of ether oxygens (including phenoxy) is 1. The Morgan fingerprint density at radius 3 is 2.57 bits per heavy atom. The Labute approximate surface area is 158 Å². The lowest BCUT2D eigenvalue weighted by atomic mass is 10.1. The Morgan fingerprint density at radius 1 is 1.18 bits per heavy atom. The highest BCUT2D eigenvalue weighted by Gasteiger charge is 2.34. The van der Waals surface area contributed by atoms with Gasteiger partial charge >= 0.3 is 6.18 Å². The fourth-order valence-electron chi connectivity index (χ4n) is 2.76. The van der Waals surface area contributed by atoms with Crippen molar-refractivity contribution >= 4 is 11.4 Å². The molecule has 9 heteroatoms. The van der Waals surface area contributed by atoms with E-state index in [-0.39, 0.29) is 6.42 Å². The van der Waals surface area contributed by atoms with E-state index in [0.29, 0.717) is 42.1 Å². The maximum atomic E-state index is 14.0. The number of hydrogen-bond acceptors (Lipinski definition) is 4. The second-order valence-electron chi connectivity index (χ2n) is 6.07. The number of carbonyl (C=O) groups is 1. The van der Waals surface area contributed by atoms with Crippen molar-refractivity contribution in [2.75, 3.05) is 6.61 Å². The number of ketones is 1. The fraction of sp³-hybridized carbons (Fsp3) is 0.316. The molecule has 0 fully saturated rings. The molecule has 0 spiro atoms. The van der Waals surface area contributed by atoms with E-state index in [1.54, 1.807) is 29.8 Å². The van der Waals surface area contributed by atoms with Crippen LogP contribution in [0.15, 0.2) is 30.6 Å². The van der Waals surface area contributed by atoms with Crippen molar-refractivity contribution in [3.8, 4) is 5.75 Å². The molecule has 0 radical (unpaired) electrons. The molecule has 3 heterocycles. The van der Waals surface area contributed by atoms with E-state index in [4.69, 9.17) is 4.74 Å². The molecule has 148 valence electrons. The van der Waals surface area contributed by atoms with Gasteiger partial charge in [0.15, 0.2) is 11.6 Å². The summed E-state index contributed by atoms with van der Waals surface area (Å²) in [5.41, 5.74) is -0.327. The molecule has 0 saturated heterocycles. The highest BCUT2D eigenvalue weighted by Crippen LogP contribution is 2.29. The standard InChI is InChI=1S/C19H17F4N3O2/c1-3-12-10-26-9-11(15(28-4-2)8-17(26)24-12)7-14(27)18-13(20)5-6-16(25-18)19(21,22)23/h5-6,8-10H,3-4,7H2,1-2H3. The zero-order valence-electron chi connectivity index (χ0n) is 15.2. The monoisotopic (exact) mass is 395 g/mol. The van der Waals surface area contributed by atoms with Crippen LogP contribution in [0.4, 0.5) is 17.6 Å². The molecule has 0 atom stereocenters. The van der Waals surface area contributed by atoms with E-state index in [0.717, 1.165) is 5.69 Å². The lowest BCUT2D eigenvalue weighted by molar-refractivity contribution is -0.141. The Bertz CT molecular complexity index is 1030. The highest BCUT2D eigenvalue weighted by molar-refractivity contribution is 5.96. The van der Waals surface area contributed by atoms with Gasteiger partial charge in [0.1, 0.15) is 22.8 Å². The predicted octanol–water partition coefficient (Wildman–Crippen LogP) is 4.27. The molecule has 0 aliphatic heterocycles. The molecule has 0 aliphatic carbocycles. The number of nitrogens with zero attached hydrogens (tertiary/aromatic N) is 3. The van der Waals surface area contributed by atoms with Crippen molar-refractivity contribution in [1.82, 2.24) is 14.4 Å². The van der Waals surface area contributed by atoms with Gasteiger partial charge in [-0.2, -0.15) is 13.2 Å². The van der Waals surface area contributed by atoms with Crippen molar-refractivity contribution < 1.29 is 27.1 Å². The average Bonchev–Trinajstić information content (AvgIpc) is 3.03. The third-order valence-corrected chi connectivity index (χ3v) is 4.10. The highest BCUT2D eigenvalue weighted by atomic mass is 19.4. The first-order valence-corrected chi connectivity index (χ1v) is 8.63. The van der Waals surface area contributed by atoms with Crippen molar-refractivity contribution in [2.45, 2.75) is 32.9 Å². The van der Waals surface area contributed by atoms with Gasteiger partial charge in [0, 0.05) is 30.4 Å². The second-order valence-corrected chi connectivity index (χ2v) is 6.07. The SMILES string of the molecule is CCOc1cc2nc(CC)cn2cc1CC(=O)c1nc(C(F)(F)F)ccc1F. The quantitative estimate of drug-likeness (QED) is 0.462. The lowest BCUT2D eigenvalue weighted by Crippen LogP contribution is -2.15. The number of imidazole rings is 1. The summed E-state index contributed by atoms with van der Waals surface area (Å²) >= 11 is 0. The van der Waals surface area contributed by atoms with E-state index in [9.17, 15) is 22.4 Å². The molecule has 0 amide bonds. The minimum absolute atomic E-state index is 0.314. The summed E-state index contributed by atoms with van der Waals surface area (Å²) in [5, 5.41) is 0. The van der Waals surface area contributed by atoms with E-state index in [1.165, 1.54) is 0 Å². The number of fused-ring (bicyclic) bond motifs is 1. The van der Waals surface area contributed by atoms with Gasteiger partial charge in [-0.1, -0.05) is 6.92 Å². The molecule has 0 aliphatic rings. The van der Waals surface area contributed by atoms with Crippen LogP contribution in [0.3, 0.4) is 0 Å². The van der Waals surface area contributed by atoms with Gasteiger partial charge in [-0.15, -0.1) is 0 Å². The summed E-state index contributed by atoms with van der Waals surface area (Å²) in [4.78, 5) is 20.1. The molecule has 0 unspecified atom stereocenters. The first-order chi connectivity index (χ1) is 13.2. The number of rotatable bonds is 6. The minimum atomic E-state index is -4.77. The number of halogens is 4. The van der Waals surface area contributed by atoms with Crippen LogP contribution in [0.5, 0.6) is 5.75 Å². The molecule has 3 rings (SSSR count). The topological polar surface area (TPSA) is 56.5 Å². The van der Waals surface area contributed by atoms with Gasteiger partial charge < -0.3 is 9.14 Å². The Morgan fingerprint density at radius 2 is 1.93 bits per heavy atom. The molecule has 5 nitrogen and oxygen atoms in total. The summed E-state index contributed by atoms with van der Waals surface area (Å²) in [5.74, 6) is -1.61. The number of pyridine rings is 2. The van der Waals surface area contributed by atoms with Crippen LogP contribution < -0.4 is 4.74 Å². The number of alkyl halides is 3. The third kappa shape index (κ3) is 3.97. The third-order valence-electron chi connectivity index (χ3n) is 4.10. The molecule has 0 N–H and O–H groups in total. The molecule has 0 aromatic carbocycles. The van der Waals surface area contributed by atoms with Gasteiger partial charge in [0.2, 0.25) is 0 Å². The maximum absolute atomic E-state index is 14.0. The fourth-order valence-corrected chi connectivity index (χ4v) is 2.76. The van der Waals surface area contributed by atoms with Gasteiger partial charge in [-0.05, 0) is 25.5 Å². The van der Waals surface area contributed by atoms with Crippen LogP contribution in [-0.2, 0) is 19.0 Å². The molecular formula is C19H17F4N3O2. The Balaban J connectivity index is 1.99. The average molecular weight is 395 g/mol. The zero-order valence-corrected chi connectivity index (χ0v) is 15.2. The van der Waals surface area contributed by atoms with Crippen molar-refractivity contribution in [2.24, 2.45) is 0 Å². The zero-order chi connectivity index (χ0) is 20.5. The van der Waals surface area contributed by atoms with E-state index in [1.807, 2.05) is 6.92 Å². The first kappa shape index (κ1) is 19.8. The smallest absolute Gasteiger partial charge is 0.433 e. The molecule has 0 bridgehead atoms. The van der Waals surface area contributed by atoms with Crippen LogP contribution in [0, 0.1) is 5.82 Å². The normalized spacial score (nSPS) is 11.8. The summed E-state index contributed by atoms with van der Waals surface area (Å²) in [6.07, 6.45) is -1.04. The van der Waals surface area contributed by atoms with Crippen LogP contribution in [0.1, 0.15) is 41.3 Å². The van der Waals surface area contributed by atoms with E-state index < -0.39 is 29.2 Å². The number of Topliss-reactive ketones (excluding diaryl/α,β-unsaturated/α-hetero) is 1. The largest absolute Gasteiger partial charge is 0.493 e. The van der Waals surface area contributed by atoms with E-state index in [2.05, 4.69) is 9.97 Å². The Kier molecular flexibility index (Phi) is 5.35. The number of hydrogen-bond donors (Lipinski definition) is 0. The van der Waals surface area contributed by atoms with Crippen LogP contribution in [0.25, 0.3) is 5.65 Å². The number of aryl methyl sites for hydroxylation is 1. The molecule has 3 aromatic rings. The summed E-state index contributed by atoms with van der Waals surface area (Å²) in [6, 6.07) is 2.74. The molecule has 0 saturated carbocycles. The van der Waals surface area contributed by atoms with Gasteiger partial charge in [-0.25, -0.2) is 14.4 Å². The second kappa shape index (κ2) is 7.57. The molecule has 3 aromatic heterocycles. The lowest BCUT2D eigenvalue weighted by Gasteiger charge is -2.12. The minimum Gasteiger partial charge on any atom is -0.493 e.